The van der Waals surface area contributed by atoms with Crippen molar-refractivity contribution in [2.75, 3.05) is 26.3 Å². The first-order chi connectivity index (χ1) is 16.5. The maximum absolute atomic E-state index is 13.6. The molecule has 3 unspecified atom stereocenters. The smallest absolute Gasteiger partial charge is 0.246 e. The summed E-state index contributed by atoms with van der Waals surface area (Å²) in [7, 11) is 0. The van der Waals surface area contributed by atoms with Crippen LogP contribution in [0.5, 0.6) is 0 Å². The molecule has 5 rings (SSSR count). The first-order valence-electron chi connectivity index (χ1n) is 11.6. The molecule has 1 fully saturated rings. The molecule has 0 radical (unpaired) electrons. The van der Waals surface area contributed by atoms with Crippen LogP contribution in [0.15, 0.2) is 48.5 Å². The van der Waals surface area contributed by atoms with Crippen LogP contribution < -0.4 is 5.23 Å². The number of nitrogens with one attached hydrogen (secondary N) is 2. The van der Waals surface area contributed by atoms with E-state index in [0.29, 0.717) is 38.2 Å². The molecular weight excluding hydrogens is 436 g/mol. The summed E-state index contributed by atoms with van der Waals surface area (Å²) >= 11 is 0. The van der Waals surface area contributed by atoms with Crippen molar-refractivity contribution in [3.8, 4) is 0 Å². The minimum Gasteiger partial charge on any atom is -0.595 e. The normalized spacial score (nSPS) is 21.0. The summed E-state index contributed by atoms with van der Waals surface area (Å²) in [6, 6.07) is 13.3. The SMILES string of the molecule is CCOCCCN1CC(=O)N2C(Cc3c([nH]c4ccccc34)C2c2cccc([NH+]([O-])O)c2)C1=O. The molecule has 3 heterocycles. The number of rotatable bonds is 7. The number of carbonyl (C=O) groups is 2. The molecule has 1 saturated heterocycles. The summed E-state index contributed by atoms with van der Waals surface area (Å²) in [5.74, 6) is -0.220. The van der Waals surface area contributed by atoms with Gasteiger partial charge in [-0.15, -0.1) is 0 Å². The second-order valence-corrected chi connectivity index (χ2v) is 8.73. The van der Waals surface area contributed by atoms with E-state index in [4.69, 9.17) is 4.74 Å². The van der Waals surface area contributed by atoms with Crippen molar-refractivity contribution in [1.29, 1.82) is 0 Å². The van der Waals surface area contributed by atoms with Gasteiger partial charge >= 0.3 is 0 Å². The van der Waals surface area contributed by atoms with E-state index in [2.05, 4.69) is 4.98 Å². The van der Waals surface area contributed by atoms with E-state index in [1.165, 1.54) is 6.07 Å². The number of aromatic amines is 1. The Labute approximate surface area is 197 Å². The van der Waals surface area contributed by atoms with Crippen LogP contribution in [0.4, 0.5) is 5.69 Å². The Morgan fingerprint density at radius 2 is 2.03 bits per heavy atom. The molecule has 3 aromatic rings. The monoisotopic (exact) mass is 464 g/mol. The molecule has 178 valence electrons. The fourth-order valence-electron chi connectivity index (χ4n) is 5.20. The highest BCUT2D eigenvalue weighted by Crippen LogP contribution is 2.42. The molecule has 3 atom stereocenters. The molecule has 0 spiro atoms. The third-order valence-electron chi connectivity index (χ3n) is 6.71. The highest BCUT2D eigenvalue weighted by atomic mass is 16.8. The number of amides is 2. The molecule has 3 N–H and O–H groups in total. The fourth-order valence-corrected chi connectivity index (χ4v) is 5.20. The van der Waals surface area contributed by atoms with Gasteiger partial charge in [-0.2, -0.15) is 5.23 Å². The van der Waals surface area contributed by atoms with E-state index in [-0.39, 0.29) is 24.0 Å². The number of fused-ring (bicyclic) bond motifs is 4. The number of hydrogen-bond donors (Lipinski definition) is 3. The van der Waals surface area contributed by atoms with E-state index < -0.39 is 17.3 Å². The van der Waals surface area contributed by atoms with Crippen molar-refractivity contribution in [2.24, 2.45) is 0 Å². The highest BCUT2D eigenvalue weighted by Gasteiger charge is 2.48. The summed E-state index contributed by atoms with van der Waals surface area (Å²) in [5.41, 5.74) is 3.58. The maximum atomic E-state index is 13.6. The predicted molar refractivity (Wildman–Crippen MR) is 124 cm³/mol. The molecule has 2 aliphatic heterocycles. The lowest BCUT2D eigenvalue weighted by molar-refractivity contribution is -0.991. The number of aromatic nitrogens is 1. The molecule has 0 bridgehead atoms. The topological polar surface area (TPSA) is 113 Å². The van der Waals surface area contributed by atoms with E-state index in [1.54, 1.807) is 21.9 Å². The number of para-hydroxylation sites is 1. The minimum atomic E-state index is -1.03. The van der Waals surface area contributed by atoms with Gasteiger partial charge in [0.05, 0.1) is 12.6 Å². The predicted octanol–water partition coefficient (Wildman–Crippen LogP) is 1.68. The van der Waals surface area contributed by atoms with Crippen LogP contribution in [0.25, 0.3) is 10.9 Å². The third-order valence-corrected chi connectivity index (χ3v) is 6.71. The highest BCUT2D eigenvalue weighted by molar-refractivity contribution is 5.97. The second kappa shape index (κ2) is 9.19. The van der Waals surface area contributed by atoms with Gasteiger partial charge in [-0.3, -0.25) is 9.59 Å². The lowest BCUT2D eigenvalue weighted by Crippen LogP contribution is -2.99. The standard InChI is InChI=1S/C25H28N4O5/c1-2-34-12-6-11-27-15-22(30)28-21(25(27)31)14-19-18-9-3-4-10-20(18)26-23(19)24(28)16-7-5-8-17(13-16)29(32)33/h3-5,7-10,13,21,24,26,29,32H,2,6,11-12,14-15H2,1H3. The Balaban J connectivity index is 1.58. The van der Waals surface area contributed by atoms with E-state index in [0.717, 1.165) is 22.2 Å². The molecule has 0 saturated carbocycles. The van der Waals surface area contributed by atoms with Crippen LogP contribution in [0, 0.1) is 5.21 Å². The van der Waals surface area contributed by atoms with Crippen LogP contribution in [0.3, 0.4) is 0 Å². The van der Waals surface area contributed by atoms with Gasteiger partial charge in [0.15, 0.2) is 5.69 Å². The second-order valence-electron chi connectivity index (χ2n) is 8.73. The molecule has 1 aromatic heterocycles. The van der Waals surface area contributed by atoms with Crippen LogP contribution in [0.2, 0.25) is 0 Å². The molecule has 0 aliphatic carbocycles. The zero-order valence-electron chi connectivity index (χ0n) is 19.0. The largest absolute Gasteiger partial charge is 0.595 e. The summed E-state index contributed by atoms with van der Waals surface area (Å²) < 4.78 is 5.40. The Morgan fingerprint density at radius 3 is 2.82 bits per heavy atom. The average molecular weight is 465 g/mol. The average Bonchev–Trinajstić information content (AvgIpc) is 3.22. The number of ether oxygens (including phenoxy) is 1. The summed E-state index contributed by atoms with van der Waals surface area (Å²) in [4.78, 5) is 33.8. The van der Waals surface area contributed by atoms with Gasteiger partial charge in [0.25, 0.3) is 0 Å². The minimum absolute atomic E-state index is 0.00609. The first kappa shape index (κ1) is 22.5. The van der Waals surface area contributed by atoms with Gasteiger partial charge in [0, 0.05) is 54.9 Å². The summed E-state index contributed by atoms with van der Waals surface area (Å²) in [6.45, 7) is 3.55. The van der Waals surface area contributed by atoms with Gasteiger partial charge < -0.3 is 24.7 Å². The van der Waals surface area contributed by atoms with E-state index >= 15 is 0 Å². The van der Waals surface area contributed by atoms with Gasteiger partial charge in [-0.25, -0.2) is 5.21 Å². The Kier molecular flexibility index (Phi) is 6.09. The zero-order chi connectivity index (χ0) is 23.8. The molecule has 9 nitrogen and oxygen atoms in total. The van der Waals surface area contributed by atoms with Crippen molar-refractivity contribution in [1.82, 2.24) is 14.8 Å². The number of carbonyl (C=O) groups excluding carboxylic acids is 2. The summed E-state index contributed by atoms with van der Waals surface area (Å²) in [6.07, 6.45) is 1.09. The molecule has 9 heteroatoms. The van der Waals surface area contributed by atoms with Crippen molar-refractivity contribution < 1.29 is 24.8 Å². The fraction of sp³-hybridized carbons (Fsp3) is 0.360. The van der Waals surface area contributed by atoms with Gasteiger partial charge in [-0.05, 0) is 30.5 Å². The van der Waals surface area contributed by atoms with Crippen LogP contribution in [-0.2, 0) is 20.7 Å². The molecule has 34 heavy (non-hydrogen) atoms. The number of piperazine rings is 1. The number of hydrogen-bond acceptors (Lipinski definition) is 5. The molecule has 2 aromatic carbocycles. The number of nitrogens with zero attached hydrogens (tertiary/aromatic N) is 2. The van der Waals surface area contributed by atoms with Crippen molar-refractivity contribution in [3.05, 3.63) is 70.6 Å². The lowest BCUT2D eigenvalue weighted by atomic mass is 9.86. The van der Waals surface area contributed by atoms with Crippen LogP contribution in [0.1, 0.15) is 36.2 Å². The van der Waals surface area contributed by atoms with Crippen LogP contribution in [-0.4, -0.2) is 64.2 Å². The zero-order valence-corrected chi connectivity index (χ0v) is 19.0. The maximum Gasteiger partial charge on any atom is 0.246 e. The molecule has 2 amide bonds. The third kappa shape index (κ3) is 3.86. The number of H-pyrrole nitrogens is 1. The van der Waals surface area contributed by atoms with Gasteiger partial charge in [0.2, 0.25) is 11.8 Å². The van der Waals surface area contributed by atoms with E-state index in [1.807, 2.05) is 37.3 Å². The van der Waals surface area contributed by atoms with Crippen molar-refractivity contribution in [3.63, 3.8) is 0 Å². The number of quaternary nitrogens is 1. The quantitative estimate of drug-likeness (QED) is 0.364. The van der Waals surface area contributed by atoms with Gasteiger partial charge in [0.1, 0.15) is 6.04 Å². The number of benzene rings is 2. The van der Waals surface area contributed by atoms with Crippen molar-refractivity contribution in [2.45, 2.75) is 31.8 Å². The van der Waals surface area contributed by atoms with E-state index in [9.17, 15) is 20.0 Å². The van der Waals surface area contributed by atoms with Gasteiger partial charge in [-0.1, -0.05) is 30.3 Å². The van der Waals surface area contributed by atoms with Crippen molar-refractivity contribution >= 4 is 28.4 Å². The first-order valence-corrected chi connectivity index (χ1v) is 11.6. The summed E-state index contributed by atoms with van der Waals surface area (Å²) in [5, 5.41) is 21.2. The Bertz CT molecular complexity index is 1220. The Hall–Kier alpha value is -3.24. The molecule has 2 aliphatic rings. The Morgan fingerprint density at radius 1 is 1.21 bits per heavy atom. The molecular formula is C25H28N4O5. The van der Waals surface area contributed by atoms with Crippen LogP contribution >= 0.6 is 0 Å². The lowest BCUT2D eigenvalue weighted by Gasteiger charge is -2.47.